The van der Waals surface area contributed by atoms with Crippen LogP contribution in [0.4, 0.5) is 5.69 Å². The summed E-state index contributed by atoms with van der Waals surface area (Å²) in [6.45, 7) is 8.21. The number of esters is 1. The van der Waals surface area contributed by atoms with Gasteiger partial charge >= 0.3 is 5.97 Å². The maximum Gasteiger partial charge on any atom is 0.340 e. The summed E-state index contributed by atoms with van der Waals surface area (Å²) in [5, 5.41) is 2.70. The van der Waals surface area contributed by atoms with E-state index in [2.05, 4.69) is 42.0 Å². The van der Waals surface area contributed by atoms with Gasteiger partial charge in [0, 0.05) is 0 Å². The van der Waals surface area contributed by atoms with Gasteiger partial charge in [-0.1, -0.05) is 39.0 Å². The lowest BCUT2D eigenvalue weighted by Gasteiger charge is -2.20. The van der Waals surface area contributed by atoms with Crippen molar-refractivity contribution in [2.24, 2.45) is 0 Å². The Labute approximate surface area is 168 Å². The van der Waals surface area contributed by atoms with E-state index in [0.29, 0.717) is 17.0 Å². The Hall–Kier alpha value is -2.34. The van der Waals surface area contributed by atoms with Gasteiger partial charge in [0.1, 0.15) is 5.75 Å². The predicted molar refractivity (Wildman–Crippen MR) is 109 cm³/mol. The van der Waals surface area contributed by atoms with Crippen molar-refractivity contribution in [3.8, 4) is 5.75 Å². The van der Waals surface area contributed by atoms with Gasteiger partial charge in [0.2, 0.25) is 0 Å². The molecule has 0 aliphatic rings. The number of amides is 1. The van der Waals surface area contributed by atoms with Crippen molar-refractivity contribution in [1.82, 2.24) is 0 Å². The van der Waals surface area contributed by atoms with Gasteiger partial charge in [-0.05, 0) is 58.1 Å². The van der Waals surface area contributed by atoms with Crippen LogP contribution in [0.25, 0.3) is 0 Å². The summed E-state index contributed by atoms with van der Waals surface area (Å²) in [6, 6.07) is 12.5. The van der Waals surface area contributed by atoms with Gasteiger partial charge in [-0.3, -0.25) is 4.79 Å². The van der Waals surface area contributed by atoms with E-state index in [1.54, 1.807) is 31.2 Å². The van der Waals surface area contributed by atoms with E-state index in [1.807, 2.05) is 18.2 Å². The van der Waals surface area contributed by atoms with E-state index < -0.39 is 5.97 Å². The number of ether oxygens (including phenoxy) is 2. The third kappa shape index (κ3) is 5.82. The minimum Gasteiger partial charge on any atom is -0.483 e. The zero-order chi connectivity index (χ0) is 20.0. The summed E-state index contributed by atoms with van der Waals surface area (Å²) in [5.74, 6) is -0.259. The molecule has 0 radical (unpaired) electrons. The number of hydrogen-bond donors (Lipinski definition) is 1. The molecule has 2 rings (SSSR count). The fraction of sp³-hybridized carbons (Fsp3) is 0.333. The van der Waals surface area contributed by atoms with Crippen LogP contribution in [0, 0.1) is 0 Å². The maximum absolute atomic E-state index is 12.3. The summed E-state index contributed by atoms with van der Waals surface area (Å²) < 4.78 is 11.4. The first-order chi connectivity index (χ1) is 12.7. The van der Waals surface area contributed by atoms with E-state index in [4.69, 9.17) is 9.47 Å². The molecule has 0 unspecified atom stereocenters. The van der Waals surface area contributed by atoms with Crippen LogP contribution in [-0.2, 0) is 14.9 Å². The van der Waals surface area contributed by atoms with Crippen molar-refractivity contribution in [2.45, 2.75) is 33.1 Å². The third-order valence-corrected chi connectivity index (χ3v) is 4.47. The highest BCUT2D eigenvalue weighted by atomic mass is 79.9. The Bertz CT molecular complexity index is 827. The standard InChI is InChI=1S/C21H24BrNO4/c1-5-26-20(25)15-8-6-7-9-17(15)23-19(24)13-27-18-11-10-14(12-16(18)22)21(2,3)4/h6-12H,5,13H2,1-4H3,(H,23,24). The summed E-state index contributed by atoms with van der Waals surface area (Å²) in [7, 11) is 0. The predicted octanol–water partition coefficient (Wildman–Crippen LogP) is 4.94. The number of para-hydroxylation sites is 1. The average Bonchev–Trinajstić information content (AvgIpc) is 2.60. The fourth-order valence-corrected chi connectivity index (χ4v) is 2.89. The minimum absolute atomic E-state index is 0.0230. The number of anilines is 1. The minimum atomic E-state index is -0.477. The number of halogens is 1. The molecule has 2 aromatic rings. The van der Waals surface area contributed by atoms with E-state index in [-0.39, 0.29) is 24.5 Å². The van der Waals surface area contributed by atoms with E-state index in [9.17, 15) is 9.59 Å². The van der Waals surface area contributed by atoms with Crippen molar-refractivity contribution in [3.63, 3.8) is 0 Å². The molecular formula is C21H24BrNO4. The molecule has 5 nitrogen and oxygen atoms in total. The van der Waals surface area contributed by atoms with E-state index >= 15 is 0 Å². The van der Waals surface area contributed by atoms with Crippen LogP contribution in [0.3, 0.4) is 0 Å². The van der Waals surface area contributed by atoms with Crippen LogP contribution in [0.2, 0.25) is 0 Å². The van der Waals surface area contributed by atoms with Gasteiger partial charge in [0.05, 0.1) is 22.3 Å². The number of carbonyl (C=O) groups excluding carboxylic acids is 2. The number of nitrogens with one attached hydrogen (secondary N) is 1. The van der Waals surface area contributed by atoms with Gasteiger partial charge in [-0.2, -0.15) is 0 Å². The second-order valence-electron chi connectivity index (χ2n) is 7.00. The van der Waals surface area contributed by atoms with Crippen LogP contribution >= 0.6 is 15.9 Å². The van der Waals surface area contributed by atoms with Gasteiger partial charge in [0.25, 0.3) is 5.91 Å². The largest absolute Gasteiger partial charge is 0.483 e. The zero-order valence-electron chi connectivity index (χ0n) is 16.0. The first kappa shape index (κ1) is 21.0. The summed E-state index contributed by atoms with van der Waals surface area (Å²) in [6.07, 6.45) is 0. The SMILES string of the molecule is CCOC(=O)c1ccccc1NC(=O)COc1ccc(C(C)(C)C)cc1Br. The molecule has 0 aliphatic heterocycles. The smallest absolute Gasteiger partial charge is 0.340 e. The Kier molecular flexibility index (Phi) is 7.02. The molecule has 0 saturated carbocycles. The highest BCUT2D eigenvalue weighted by Crippen LogP contribution is 2.31. The van der Waals surface area contributed by atoms with Crippen LogP contribution in [0.1, 0.15) is 43.6 Å². The molecule has 0 heterocycles. The van der Waals surface area contributed by atoms with Crippen LogP contribution < -0.4 is 10.1 Å². The summed E-state index contributed by atoms with van der Waals surface area (Å²) in [5.41, 5.74) is 1.89. The van der Waals surface area contributed by atoms with Crippen molar-refractivity contribution in [1.29, 1.82) is 0 Å². The van der Waals surface area contributed by atoms with Gasteiger partial charge < -0.3 is 14.8 Å². The van der Waals surface area contributed by atoms with Crippen molar-refractivity contribution in [2.75, 3.05) is 18.5 Å². The molecule has 0 saturated heterocycles. The van der Waals surface area contributed by atoms with Crippen molar-refractivity contribution in [3.05, 3.63) is 58.1 Å². The Morgan fingerprint density at radius 2 is 1.81 bits per heavy atom. The molecule has 144 valence electrons. The Morgan fingerprint density at radius 3 is 2.44 bits per heavy atom. The molecule has 0 atom stereocenters. The van der Waals surface area contributed by atoms with Crippen molar-refractivity contribution < 1.29 is 19.1 Å². The van der Waals surface area contributed by atoms with Crippen LogP contribution in [-0.4, -0.2) is 25.1 Å². The number of carbonyl (C=O) groups is 2. The lowest BCUT2D eigenvalue weighted by Crippen LogP contribution is -2.22. The molecule has 2 aromatic carbocycles. The molecule has 1 amide bonds. The second kappa shape index (κ2) is 9.04. The molecule has 0 aromatic heterocycles. The molecule has 0 spiro atoms. The molecule has 0 bridgehead atoms. The highest BCUT2D eigenvalue weighted by Gasteiger charge is 2.17. The zero-order valence-corrected chi connectivity index (χ0v) is 17.6. The number of hydrogen-bond acceptors (Lipinski definition) is 4. The normalized spacial score (nSPS) is 11.0. The third-order valence-electron chi connectivity index (χ3n) is 3.85. The second-order valence-corrected chi connectivity index (χ2v) is 7.85. The summed E-state index contributed by atoms with van der Waals surface area (Å²) in [4.78, 5) is 24.2. The van der Waals surface area contributed by atoms with E-state index in [1.165, 1.54) is 0 Å². The fourth-order valence-electron chi connectivity index (χ4n) is 2.39. The molecule has 0 aliphatic carbocycles. The number of benzene rings is 2. The molecule has 1 N–H and O–H groups in total. The lowest BCUT2D eigenvalue weighted by molar-refractivity contribution is -0.118. The van der Waals surface area contributed by atoms with Gasteiger partial charge in [0.15, 0.2) is 6.61 Å². The lowest BCUT2D eigenvalue weighted by atomic mass is 9.87. The maximum atomic E-state index is 12.3. The molecular weight excluding hydrogens is 410 g/mol. The van der Waals surface area contributed by atoms with Crippen LogP contribution in [0.15, 0.2) is 46.9 Å². The first-order valence-electron chi connectivity index (χ1n) is 8.71. The molecule has 27 heavy (non-hydrogen) atoms. The topological polar surface area (TPSA) is 64.6 Å². The Morgan fingerprint density at radius 1 is 1.11 bits per heavy atom. The Balaban J connectivity index is 2.03. The monoisotopic (exact) mass is 433 g/mol. The van der Waals surface area contributed by atoms with Crippen LogP contribution in [0.5, 0.6) is 5.75 Å². The molecule has 6 heteroatoms. The average molecular weight is 434 g/mol. The summed E-state index contributed by atoms with van der Waals surface area (Å²) >= 11 is 3.49. The molecule has 0 fully saturated rings. The first-order valence-corrected chi connectivity index (χ1v) is 9.50. The van der Waals surface area contributed by atoms with Gasteiger partial charge in [-0.25, -0.2) is 4.79 Å². The highest BCUT2D eigenvalue weighted by molar-refractivity contribution is 9.10. The van der Waals surface area contributed by atoms with E-state index in [0.717, 1.165) is 10.0 Å². The number of rotatable bonds is 6. The van der Waals surface area contributed by atoms with Gasteiger partial charge in [-0.15, -0.1) is 0 Å². The quantitative estimate of drug-likeness (QED) is 0.655. The van der Waals surface area contributed by atoms with Crippen molar-refractivity contribution >= 4 is 33.5 Å².